The van der Waals surface area contributed by atoms with Crippen molar-refractivity contribution in [2.24, 2.45) is 0 Å². The molecule has 4 saturated heterocycles. The number of quaternary nitrogens is 1. The summed E-state index contributed by atoms with van der Waals surface area (Å²) in [6.45, 7) is 6.20. The molecule has 0 spiro atoms. The predicted molar refractivity (Wildman–Crippen MR) is 35.9 cm³/mol. The maximum Gasteiger partial charge on any atom is 0.148 e. The summed E-state index contributed by atoms with van der Waals surface area (Å²) in [5.41, 5.74) is 3.48. The van der Waals surface area contributed by atoms with Gasteiger partial charge in [-0.05, 0) is 0 Å². The Bertz CT molecular complexity index is 106. The summed E-state index contributed by atoms with van der Waals surface area (Å²) in [5.74, 6) is 0. The molecular formula is C6H13ClN4. The molecular weight excluding hydrogens is 164 g/mol. The number of nitrogens with zero attached hydrogens (tertiary/aromatic N) is 2. The van der Waals surface area contributed by atoms with Gasteiger partial charge in [-0.25, -0.2) is 10.3 Å². The lowest BCUT2D eigenvalue weighted by molar-refractivity contribution is -0.946. The van der Waals surface area contributed by atoms with Crippen LogP contribution in [0.2, 0.25) is 0 Å². The summed E-state index contributed by atoms with van der Waals surface area (Å²) in [7, 11) is 0. The Hall–Kier alpha value is 0.130. The Kier molecular flexibility index (Phi) is 1.81. The zero-order valence-corrected chi connectivity index (χ0v) is 7.14. The molecule has 0 radical (unpaired) electrons. The SMILES string of the molecule is C1C2C[NH+]3CN1CN(C3)N2.[Cl-]. The molecule has 4 aliphatic heterocycles. The summed E-state index contributed by atoms with van der Waals surface area (Å²) in [4.78, 5) is 4.24. The minimum absolute atomic E-state index is 0. The van der Waals surface area contributed by atoms with Gasteiger partial charge in [0.2, 0.25) is 0 Å². The quantitative estimate of drug-likeness (QED) is 0.385. The van der Waals surface area contributed by atoms with E-state index in [1.807, 2.05) is 0 Å². The predicted octanol–water partition coefficient (Wildman–Crippen LogP) is -5.73. The lowest BCUT2D eigenvalue weighted by Crippen LogP contribution is -3.22. The standard InChI is InChI=1S/C6H12N4.ClH/c1-6-2-9-3-8(1)4-10(5-9)7-6;/h6-7H,1-5H2;1H. The van der Waals surface area contributed by atoms with E-state index in [1.165, 1.54) is 26.4 Å². The van der Waals surface area contributed by atoms with Crippen LogP contribution in [-0.2, 0) is 0 Å². The Morgan fingerprint density at radius 1 is 1.36 bits per heavy atom. The first-order valence-corrected chi connectivity index (χ1v) is 3.97. The van der Waals surface area contributed by atoms with E-state index in [1.54, 1.807) is 4.90 Å². The number of rotatable bonds is 0. The van der Waals surface area contributed by atoms with E-state index >= 15 is 0 Å². The largest absolute Gasteiger partial charge is 1.00 e. The van der Waals surface area contributed by atoms with Crippen LogP contribution in [0.1, 0.15) is 0 Å². The molecule has 0 saturated carbocycles. The van der Waals surface area contributed by atoms with Crippen LogP contribution in [0.15, 0.2) is 0 Å². The van der Waals surface area contributed by atoms with Crippen LogP contribution >= 0.6 is 0 Å². The van der Waals surface area contributed by atoms with Crippen LogP contribution in [-0.4, -0.2) is 49.0 Å². The summed E-state index contributed by atoms with van der Waals surface area (Å²) >= 11 is 0. The van der Waals surface area contributed by atoms with Crippen LogP contribution in [0.5, 0.6) is 0 Å². The van der Waals surface area contributed by atoms with Gasteiger partial charge in [0.25, 0.3) is 0 Å². The van der Waals surface area contributed by atoms with Gasteiger partial charge < -0.3 is 17.3 Å². The Balaban J connectivity index is 0.000000480. The summed E-state index contributed by atoms with van der Waals surface area (Å²) in [6.07, 6.45) is 0. The zero-order valence-electron chi connectivity index (χ0n) is 6.39. The molecule has 0 amide bonds. The van der Waals surface area contributed by atoms with E-state index < -0.39 is 0 Å². The van der Waals surface area contributed by atoms with Crippen molar-refractivity contribution in [2.75, 3.05) is 33.1 Å². The van der Waals surface area contributed by atoms with E-state index in [0.29, 0.717) is 0 Å². The second-order valence-corrected chi connectivity index (χ2v) is 3.63. The zero-order chi connectivity index (χ0) is 6.55. The van der Waals surface area contributed by atoms with Gasteiger partial charge in [0.15, 0.2) is 0 Å². The number of hydrogen-bond donors (Lipinski definition) is 2. The molecule has 0 aromatic carbocycles. The van der Waals surface area contributed by atoms with Crippen molar-refractivity contribution < 1.29 is 17.3 Å². The third-order valence-electron chi connectivity index (χ3n) is 2.61. The molecule has 4 heterocycles. The van der Waals surface area contributed by atoms with Gasteiger partial charge in [0.05, 0.1) is 19.3 Å². The van der Waals surface area contributed by atoms with Gasteiger partial charge in [0, 0.05) is 6.54 Å². The van der Waals surface area contributed by atoms with Crippen molar-refractivity contribution >= 4 is 0 Å². The maximum absolute atomic E-state index is 3.48. The first kappa shape index (κ1) is 7.76. The van der Waals surface area contributed by atoms with Crippen molar-refractivity contribution in [3.05, 3.63) is 0 Å². The van der Waals surface area contributed by atoms with Crippen LogP contribution in [0.4, 0.5) is 0 Å². The van der Waals surface area contributed by atoms with Crippen LogP contribution < -0.4 is 22.7 Å². The second kappa shape index (κ2) is 2.57. The van der Waals surface area contributed by atoms with Gasteiger partial charge in [0.1, 0.15) is 13.3 Å². The Morgan fingerprint density at radius 2 is 2.27 bits per heavy atom. The summed E-state index contributed by atoms with van der Waals surface area (Å²) in [5, 5.41) is 2.33. The first-order chi connectivity index (χ1) is 4.90. The molecule has 0 aliphatic carbocycles. The van der Waals surface area contributed by atoms with Crippen LogP contribution in [0.25, 0.3) is 0 Å². The van der Waals surface area contributed by atoms with Gasteiger partial charge in [-0.1, -0.05) is 0 Å². The highest BCUT2D eigenvalue weighted by Crippen LogP contribution is 2.06. The summed E-state index contributed by atoms with van der Waals surface area (Å²) in [6, 6.07) is 0.742. The monoisotopic (exact) mass is 176 g/mol. The minimum Gasteiger partial charge on any atom is -1.00 e. The number of halogens is 1. The second-order valence-electron chi connectivity index (χ2n) is 3.63. The van der Waals surface area contributed by atoms with E-state index in [4.69, 9.17) is 0 Å². The van der Waals surface area contributed by atoms with Crippen molar-refractivity contribution in [3.8, 4) is 0 Å². The average Bonchev–Trinajstić information content (AvgIpc) is 1.82. The number of nitrogens with one attached hydrogen (secondary N) is 2. The van der Waals surface area contributed by atoms with Crippen LogP contribution in [0.3, 0.4) is 0 Å². The molecule has 4 unspecified atom stereocenters. The van der Waals surface area contributed by atoms with E-state index in [9.17, 15) is 0 Å². The molecule has 5 heteroatoms. The third kappa shape index (κ3) is 1.15. The van der Waals surface area contributed by atoms with E-state index in [2.05, 4.69) is 15.3 Å². The molecule has 0 aromatic rings. The molecule has 4 bridgehead atoms. The molecule has 2 N–H and O–H groups in total. The molecule has 11 heavy (non-hydrogen) atoms. The lowest BCUT2D eigenvalue weighted by Gasteiger charge is -2.52. The van der Waals surface area contributed by atoms with E-state index in [0.717, 1.165) is 12.7 Å². The molecule has 4 nitrogen and oxygen atoms in total. The first-order valence-electron chi connectivity index (χ1n) is 3.97. The number of hydrazine groups is 1. The molecule has 4 atom stereocenters. The average molecular weight is 177 g/mol. The van der Waals surface area contributed by atoms with Crippen molar-refractivity contribution in [1.29, 1.82) is 0 Å². The molecule has 4 fully saturated rings. The topological polar surface area (TPSA) is 23.0 Å². The smallest absolute Gasteiger partial charge is 0.148 e. The van der Waals surface area contributed by atoms with E-state index in [-0.39, 0.29) is 12.4 Å². The highest BCUT2D eigenvalue weighted by molar-refractivity contribution is 4.79. The van der Waals surface area contributed by atoms with Gasteiger partial charge in [-0.15, -0.1) is 0 Å². The molecule has 64 valence electrons. The van der Waals surface area contributed by atoms with Crippen molar-refractivity contribution in [3.63, 3.8) is 0 Å². The van der Waals surface area contributed by atoms with Crippen molar-refractivity contribution in [1.82, 2.24) is 15.3 Å². The maximum atomic E-state index is 3.48. The highest BCUT2D eigenvalue weighted by Gasteiger charge is 2.40. The minimum atomic E-state index is 0. The lowest BCUT2D eigenvalue weighted by atomic mass is 10.2. The fourth-order valence-corrected chi connectivity index (χ4v) is 2.38. The highest BCUT2D eigenvalue weighted by atomic mass is 35.5. The normalized spacial score (nSPS) is 52.4. The fraction of sp³-hybridized carbons (Fsp3) is 1.00. The summed E-state index contributed by atoms with van der Waals surface area (Å²) < 4.78 is 0. The van der Waals surface area contributed by atoms with Gasteiger partial charge in [-0.3, -0.25) is 0 Å². The Labute approximate surface area is 72.5 Å². The Morgan fingerprint density at radius 3 is 2.91 bits per heavy atom. The molecule has 0 aromatic heterocycles. The third-order valence-corrected chi connectivity index (χ3v) is 2.61. The molecule has 4 aliphatic rings. The van der Waals surface area contributed by atoms with Crippen LogP contribution in [0, 0.1) is 0 Å². The van der Waals surface area contributed by atoms with Gasteiger partial charge in [-0.2, -0.15) is 5.01 Å². The fourth-order valence-electron chi connectivity index (χ4n) is 2.38. The van der Waals surface area contributed by atoms with Gasteiger partial charge >= 0.3 is 0 Å². The van der Waals surface area contributed by atoms with Crippen molar-refractivity contribution in [2.45, 2.75) is 6.04 Å². The number of hydrogen-bond acceptors (Lipinski definition) is 3. The molecule has 4 rings (SSSR count).